The van der Waals surface area contributed by atoms with E-state index in [0.717, 1.165) is 47.8 Å². The fraction of sp³-hybridized carbons (Fsp3) is 0.211. The van der Waals surface area contributed by atoms with Crippen LogP contribution in [0.2, 0.25) is 0 Å². The second-order valence-corrected chi connectivity index (χ2v) is 6.05. The molecule has 25 heavy (non-hydrogen) atoms. The minimum absolute atomic E-state index is 0.130. The van der Waals surface area contributed by atoms with Gasteiger partial charge in [0.15, 0.2) is 5.82 Å². The maximum atomic E-state index is 12.5. The number of nitrogens with zero attached hydrogens (tertiary/aromatic N) is 2. The molecule has 1 aliphatic rings. The van der Waals surface area contributed by atoms with Crippen molar-refractivity contribution in [2.75, 3.05) is 11.9 Å². The van der Waals surface area contributed by atoms with E-state index in [0.29, 0.717) is 11.4 Å². The Morgan fingerprint density at radius 2 is 2.04 bits per heavy atom. The van der Waals surface area contributed by atoms with Gasteiger partial charge in [-0.05, 0) is 67.8 Å². The number of aromatic amines is 1. The Kier molecular flexibility index (Phi) is 3.93. The maximum absolute atomic E-state index is 12.5. The number of nitrogens with one attached hydrogen (secondary N) is 2. The highest BCUT2D eigenvalue weighted by Gasteiger charge is 2.14. The number of fused-ring (bicyclic) bond motifs is 1. The zero-order valence-corrected chi connectivity index (χ0v) is 13.9. The van der Waals surface area contributed by atoms with Gasteiger partial charge in [-0.1, -0.05) is 0 Å². The molecule has 6 nitrogen and oxygen atoms in total. The Hall–Kier alpha value is -3.15. The van der Waals surface area contributed by atoms with Gasteiger partial charge in [0.05, 0.1) is 6.61 Å². The maximum Gasteiger partial charge on any atom is 0.255 e. The molecule has 4 rings (SSSR count). The number of rotatable bonds is 3. The van der Waals surface area contributed by atoms with E-state index in [1.165, 1.54) is 0 Å². The summed E-state index contributed by atoms with van der Waals surface area (Å²) in [5.41, 5.74) is 3.36. The third-order valence-electron chi connectivity index (χ3n) is 4.17. The van der Waals surface area contributed by atoms with Crippen LogP contribution in [0.4, 0.5) is 5.69 Å². The van der Waals surface area contributed by atoms with Gasteiger partial charge in [-0.3, -0.25) is 9.89 Å². The van der Waals surface area contributed by atoms with E-state index in [-0.39, 0.29) is 5.91 Å². The Labute approximate surface area is 145 Å². The van der Waals surface area contributed by atoms with E-state index in [1.54, 1.807) is 6.07 Å². The molecule has 1 amide bonds. The van der Waals surface area contributed by atoms with Crippen molar-refractivity contribution in [2.45, 2.75) is 19.8 Å². The number of hydrogen-bond donors (Lipinski definition) is 2. The number of carbonyl (C=O) groups excluding carboxylic acids is 1. The van der Waals surface area contributed by atoms with Crippen molar-refractivity contribution in [3.8, 4) is 17.1 Å². The molecule has 0 spiro atoms. The van der Waals surface area contributed by atoms with Crippen LogP contribution >= 0.6 is 0 Å². The zero-order valence-electron chi connectivity index (χ0n) is 13.9. The van der Waals surface area contributed by atoms with Gasteiger partial charge >= 0.3 is 0 Å². The Bertz CT molecular complexity index is 915. The summed E-state index contributed by atoms with van der Waals surface area (Å²) in [7, 11) is 0. The first-order valence-electron chi connectivity index (χ1n) is 8.25. The van der Waals surface area contributed by atoms with Crippen LogP contribution in [0.15, 0.2) is 42.5 Å². The second-order valence-electron chi connectivity index (χ2n) is 6.05. The first-order chi connectivity index (χ1) is 12.2. The smallest absolute Gasteiger partial charge is 0.255 e. The standard InChI is InChI=1S/C19H18N4O2/c1-12-20-18(23-22-12)13-4-7-16(8-5-13)21-19(24)15-6-9-17-14(11-15)3-2-10-25-17/h4-9,11H,2-3,10H2,1H3,(H,21,24)(H,20,22,23). The SMILES string of the molecule is Cc1nc(-c2ccc(NC(=O)c3ccc4c(c3)CCCO4)cc2)n[nH]1. The van der Waals surface area contributed by atoms with Crippen molar-refractivity contribution >= 4 is 11.6 Å². The van der Waals surface area contributed by atoms with Crippen LogP contribution in [-0.4, -0.2) is 27.7 Å². The molecule has 0 saturated carbocycles. The number of ether oxygens (including phenoxy) is 1. The normalized spacial score (nSPS) is 13.0. The summed E-state index contributed by atoms with van der Waals surface area (Å²) in [6, 6.07) is 13.1. The molecule has 0 bridgehead atoms. The van der Waals surface area contributed by atoms with Crippen LogP contribution in [0.3, 0.4) is 0 Å². The molecule has 0 radical (unpaired) electrons. The molecular formula is C19H18N4O2. The van der Waals surface area contributed by atoms with Crippen molar-refractivity contribution < 1.29 is 9.53 Å². The molecule has 0 saturated heterocycles. The van der Waals surface area contributed by atoms with Gasteiger partial charge < -0.3 is 10.1 Å². The fourth-order valence-corrected chi connectivity index (χ4v) is 2.88. The molecule has 1 aromatic heterocycles. The molecular weight excluding hydrogens is 316 g/mol. The summed E-state index contributed by atoms with van der Waals surface area (Å²) in [6.45, 7) is 2.60. The summed E-state index contributed by atoms with van der Waals surface area (Å²) in [6.07, 6.45) is 1.93. The van der Waals surface area contributed by atoms with Crippen LogP contribution in [0, 0.1) is 6.92 Å². The highest BCUT2D eigenvalue weighted by atomic mass is 16.5. The van der Waals surface area contributed by atoms with E-state index in [1.807, 2.05) is 43.3 Å². The minimum Gasteiger partial charge on any atom is -0.493 e. The number of carbonyl (C=O) groups is 1. The Balaban J connectivity index is 1.49. The predicted octanol–water partition coefficient (Wildman–Crippen LogP) is 3.36. The lowest BCUT2D eigenvalue weighted by Gasteiger charge is -2.17. The van der Waals surface area contributed by atoms with Gasteiger partial charge in [-0.15, -0.1) is 0 Å². The van der Waals surface area contributed by atoms with Gasteiger partial charge in [-0.25, -0.2) is 4.98 Å². The minimum atomic E-state index is -0.130. The van der Waals surface area contributed by atoms with Gasteiger partial charge in [0.25, 0.3) is 5.91 Å². The number of amides is 1. The highest BCUT2D eigenvalue weighted by Crippen LogP contribution is 2.26. The zero-order chi connectivity index (χ0) is 17.2. The number of H-pyrrole nitrogens is 1. The van der Waals surface area contributed by atoms with Crippen LogP contribution in [0.5, 0.6) is 5.75 Å². The quantitative estimate of drug-likeness (QED) is 0.770. The molecule has 0 atom stereocenters. The summed E-state index contributed by atoms with van der Waals surface area (Å²) in [4.78, 5) is 16.8. The monoisotopic (exact) mass is 334 g/mol. The molecule has 0 unspecified atom stereocenters. The van der Waals surface area contributed by atoms with Crippen molar-refractivity contribution in [3.63, 3.8) is 0 Å². The average Bonchev–Trinajstić information content (AvgIpc) is 3.08. The lowest BCUT2D eigenvalue weighted by atomic mass is 10.0. The Morgan fingerprint density at radius 3 is 2.80 bits per heavy atom. The molecule has 2 heterocycles. The molecule has 0 aliphatic carbocycles. The van der Waals surface area contributed by atoms with E-state index in [4.69, 9.17) is 4.74 Å². The van der Waals surface area contributed by atoms with Crippen molar-refractivity contribution in [1.29, 1.82) is 0 Å². The lowest BCUT2D eigenvalue weighted by Crippen LogP contribution is -2.14. The number of aromatic nitrogens is 3. The van der Waals surface area contributed by atoms with Crippen molar-refractivity contribution in [2.24, 2.45) is 0 Å². The summed E-state index contributed by atoms with van der Waals surface area (Å²) in [5, 5.41) is 9.87. The summed E-state index contributed by atoms with van der Waals surface area (Å²) < 4.78 is 5.59. The molecule has 2 aromatic carbocycles. The third-order valence-corrected chi connectivity index (χ3v) is 4.17. The first-order valence-corrected chi connectivity index (χ1v) is 8.25. The topological polar surface area (TPSA) is 79.9 Å². The molecule has 6 heteroatoms. The van der Waals surface area contributed by atoms with E-state index < -0.39 is 0 Å². The molecule has 126 valence electrons. The number of aryl methyl sites for hydroxylation is 2. The summed E-state index contributed by atoms with van der Waals surface area (Å²) in [5.74, 6) is 2.16. The fourth-order valence-electron chi connectivity index (χ4n) is 2.88. The number of hydrogen-bond acceptors (Lipinski definition) is 4. The molecule has 1 aliphatic heterocycles. The first kappa shape index (κ1) is 15.4. The van der Waals surface area contributed by atoms with Crippen LogP contribution < -0.4 is 10.1 Å². The van der Waals surface area contributed by atoms with Crippen molar-refractivity contribution in [3.05, 3.63) is 59.4 Å². The van der Waals surface area contributed by atoms with Crippen LogP contribution in [0.1, 0.15) is 28.2 Å². The lowest BCUT2D eigenvalue weighted by molar-refractivity contribution is 0.102. The van der Waals surface area contributed by atoms with Gasteiger partial charge in [0, 0.05) is 16.8 Å². The average molecular weight is 334 g/mol. The second kappa shape index (κ2) is 6.39. The molecule has 3 aromatic rings. The summed E-state index contributed by atoms with van der Waals surface area (Å²) >= 11 is 0. The highest BCUT2D eigenvalue weighted by molar-refractivity contribution is 6.04. The number of benzene rings is 2. The van der Waals surface area contributed by atoms with Gasteiger partial charge in [0.2, 0.25) is 0 Å². The van der Waals surface area contributed by atoms with E-state index in [9.17, 15) is 4.79 Å². The molecule has 2 N–H and O–H groups in total. The number of anilines is 1. The van der Waals surface area contributed by atoms with Crippen molar-refractivity contribution in [1.82, 2.24) is 15.2 Å². The third kappa shape index (κ3) is 3.24. The molecule has 0 fully saturated rings. The largest absolute Gasteiger partial charge is 0.493 e. The van der Waals surface area contributed by atoms with Crippen LogP contribution in [0.25, 0.3) is 11.4 Å². The van der Waals surface area contributed by atoms with Gasteiger partial charge in [0.1, 0.15) is 11.6 Å². The van der Waals surface area contributed by atoms with Gasteiger partial charge in [-0.2, -0.15) is 5.10 Å². The Morgan fingerprint density at radius 1 is 1.20 bits per heavy atom. The van der Waals surface area contributed by atoms with E-state index in [2.05, 4.69) is 20.5 Å². The predicted molar refractivity (Wildman–Crippen MR) is 94.8 cm³/mol. The van der Waals surface area contributed by atoms with Crippen LogP contribution in [-0.2, 0) is 6.42 Å². The van der Waals surface area contributed by atoms with E-state index >= 15 is 0 Å².